The molecule has 7 heteroatoms. The van der Waals surface area contributed by atoms with Crippen LogP contribution in [0.2, 0.25) is 36.3 Å². The minimum absolute atomic E-state index is 0.0388. The zero-order valence-electron chi connectivity index (χ0n) is 24.6. The third-order valence-corrected chi connectivity index (χ3v) is 16.6. The highest BCUT2D eigenvalue weighted by atomic mass is 28.4. The Morgan fingerprint density at radius 1 is 0.889 bits per heavy atom. The lowest BCUT2D eigenvalue weighted by Crippen LogP contribution is -2.51. The summed E-state index contributed by atoms with van der Waals surface area (Å²) in [6.07, 6.45) is 6.33. The summed E-state index contributed by atoms with van der Waals surface area (Å²) in [6.45, 7) is 24.7. The van der Waals surface area contributed by atoms with Crippen molar-refractivity contribution in [1.82, 2.24) is 0 Å². The van der Waals surface area contributed by atoms with Gasteiger partial charge in [0, 0.05) is 12.0 Å². The van der Waals surface area contributed by atoms with Crippen molar-refractivity contribution in [3.8, 4) is 0 Å². The SMILES string of the molecule is CCOC(=O)CCCC(O[Si](C)(C)C(C)(C)C)C(/C=C/c1ccc(C=O)cc1)O[Si](C)(C)C(C)(C)C. The summed E-state index contributed by atoms with van der Waals surface area (Å²) in [6, 6.07) is 7.51. The minimum Gasteiger partial charge on any atom is -0.466 e. The van der Waals surface area contributed by atoms with E-state index in [-0.39, 0.29) is 28.3 Å². The number of benzene rings is 1. The smallest absolute Gasteiger partial charge is 0.305 e. The van der Waals surface area contributed by atoms with E-state index in [0.717, 1.165) is 11.8 Å². The number of hydrogen-bond acceptors (Lipinski definition) is 5. The third-order valence-electron chi connectivity index (χ3n) is 7.58. The van der Waals surface area contributed by atoms with E-state index in [4.69, 9.17) is 13.6 Å². The maximum Gasteiger partial charge on any atom is 0.305 e. The van der Waals surface area contributed by atoms with Crippen LogP contribution >= 0.6 is 0 Å². The number of rotatable bonds is 13. The van der Waals surface area contributed by atoms with Crippen molar-refractivity contribution in [2.24, 2.45) is 0 Å². The van der Waals surface area contributed by atoms with Crippen molar-refractivity contribution in [1.29, 1.82) is 0 Å². The minimum atomic E-state index is -2.13. The fraction of sp³-hybridized carbons (Fsp3) is 0.655. The Labute approximate surface area is 222 Å². The van der Waals surface area contributed by atoms with Crippen LogP contribution in [0.5, 0.6) is 0 Å². The molecule has 0 saturated heterocycles. The van der Waals surface area contributed by atoms with Crippen LogP contribution in [0.15, 0.2) is 30.3 Å². The molecule has 0 heterocycles. The first-order chi connectivity index (χ1) is 16.4. The summed E-state index contributed by atoms with van der Waals surface area (Å²) < 4.78 is 19.1. The molecular formula is C29H50O5Si2. The maximum atomic E-state index is 12.0. The van der Waals surface area contributed by atoms with Crippen LogP contribution in [-0.2, 0) is 18.4 Å². The normalized spacial score (nSPS) is 15.1. The first-order valence-electron chi connectivity index (χ1n) is 13.2. The first kappa shape index (κ1) is 32.5. The average molecular weight is 535 g/mol. The van der Waals surface area contributed by atoms with Gasteiger partial charge in [0.05, 0.1) is 18.8 Å². The molecule has 204 valence electrons. The molecule has 0 N–H and O–H groups in total. The lowest BCUT2D eigenvalue weighted by atomic mass is 10.0. The highest BCUT2D eigenvalue weighted by Gasteiger charge is 2.44. The van der Waals surface area contributed by atoms with Gasteiger partial charge in [-0.25, -0.2) is 0 Å². The molecule has 0 aromatic heterocycles. The van der Waals surface area contributed by atoms with Crippen LogP contribution in [-0.4, -0.2) is 47.7 Å². The van der Waals surface area contributed by atoms with Crippen LogP contribution in [0, 0.1) is 0 Å². The molecule has 0 radical (unpaired) electrons. The predicted molar refractivity (Wildman–Crippen MR) is 155 cm³/mol. The Morgan fingerprint density at radius 2 is 1.39 bits per heavy atom. The largest absolute Gasteiger partial charge is 0.466 e. The third kappa shape index (κ3) is 10.1. The molecule has 0 spiro atoms. The average Bonchev–Trinajstić information content (AvgIpc) is 2.74. The lowest BCUT2D eigenvalue weighted by molar-refractivity contribution is -0.143. The summed E-state index contributed by atoms with van der Waals surface area (Å²) in [7, 11) is -4.25. The van der Waals surface area contributed by atoms with Gasteiger partial charge in [0.1, 0.15) is 6.29 Å². The number of hydrogen-bond donors (Lipinski definition) is 0. The molecule has 0 bridgehead atoms. The zero-order valence-corrected chi connectivity index (χ0v) is 26.6. The van der Waals surface area contributed by atoms with Gasteiger partial charge in [-0.15, -0.1) is 0 Å². The van der Waals surface area contributed by atoms with Gasteiger partial charge in [0.15, 0.2) is 16.6 Å². The van der Waals surface area contributed by atoms with Crippen molar-refractivity contribution in [3.63, 3.8) is 0 Å². The number of aldehydes is 1. The summed E-state index contributed by atoms with van der Waals surface area (Å²) in [5, 5.41) is 0.0828. The standard InChI is InChI=1S/C29H50O5Si2/c1-12-32-27(31)15-13-14-25(33-35(8,9)28(2,3)4)26(34-36(10,11)29(5,6)7)21-20-23-16-18-24(22-30)19-17-23/h16-22,25-26H,12-15H2,1-11H3/b21-20+. The highest BCUT2D eigenvalue weighted by Crippen LogP contribution is 2.41. The number of esters is 1. The monoisotopic (exact) mass is 534 g/mol. The van der Waals surface area contributed by atoms with E-state index >= 15 is 0 Å². The fourth-order valence-corrected chi connectivity index (χ4v) is 5.80. The summed E-state index contributed by atoms with van der Waals surface area (Å²) >= 11 is 0. The Morgan fingerprint density at radius 3 is 1.86 bits per heavy atom. The molecular weight excluding hydrogens is 484 g/mol. The van der Waals surface area contributed by atoms with E-state index in [1.807, 2.05) is 31.2 Å². The van der Waals surface area contributed by atoms with E-state index in [2.05, 4.69) is 79.9 Å². The van der Waals surface area contributed by atoms with Gasteiger partial charge in [-0.3, -0.25) is 9.59 Å². The van der Waals surface area contributed by atoms with E-state index in [9.17, 15) is 9.59 Å². The Bertz CT molecular complexity index is 861. The first-order valence-corrected chi connectivity index (χ1v) is 19.0. The van der Waals surface area contributed by atoms with Gasteiger partial charge in [-0.1, -0.05) is 78.0 Å². The molecule has 1 aromatic carbocycles. The van der Waals surface area contributed by atoms with Gasteiger partial charge in [-0.2, -0.15) is 0 Å². The van der Waals surface area contributed by atoms with Gasteiger partial charge >= 0.3 is 5.97 Å². The Hall–Kier alpha value is -1.55. The molecule has 0 saturated carbocycles. The fourth-order valence-electron chi connectivity index (χ4n) is 3.17. The quantitative estimate of drug-likeness (QED) is 0.146. The molecule has 0 aliphatic heterocycles. The van der Waals surface area contributed by atoms with Crippen molar-refractivity contribution in [3.05, 3.63) is 41.5 Å². The molecule has 0 aliphatic carbocycles. The van der Waals surface area contributed by atoms with Crippen molar-refractivity contribution in [2.75, 3.05) is 6.61 Å². The predicted octanol–water partition coefficient (Wildman–Crippen LogP) is 8.03. The van der Waals surface area contributed by atoms with E-state index in [0.29, 0.717) is 31.4 Å². The topological polar surface area (TPSA) is 61.8 Å². The molecule has 1 aromatic rings. The zero-order chi connectivity index (χ0) is 27.8. The van der Waals surface area contributed by atoms with Crippen LogP contribution in [0.25, 0.3) is 6.08 Å². The van der Waals surface area contributed by atoms with Crippen LogP contribution < -0.4 is 0 Å². The number of ether oxygens (including phenoxy) is 1. The highest BCUT2D eigenvalue weighted by molar-refractivity contribution is 6.74. The van der Waals surface area contributed by atoms with Crippen molar-refractivity contribution in [2.45, 2.75) is 116 Å². The second-order valence-electron chi connectivity index (χ2n) is 12.6. The van der Waals surface area contributed by atoms with Gasteiger partial charge in [0.2, 0.25) is 0 Å². The summed E-state index contributed by atoms with van der Waals surface area (Å²) in [4.78, 5) is 23.1. The van der Waals surface area contributed by atoms with Crippen LogP contribution in [0.4, 0.5) is 0 Å². The molecule has 36 heavy (non-hydrogen) atoms. The van der Waals surface area contributed by atoms with E-state index < -0.39 is 16.6 Å². The second kappa shape index (κ2) is 13.3. The summed E-state index contributed by atoms with van der Waals surface area (Å²) in [5.41, 5.74) is 1.65. The molecule has 2 atom stereocenters. The van der Waals surface area contributed by atoms with Crippen LogP contribution in [0.1, 0.15) is 83.7 Å². The molecule has 2 unspecified atom stereocenters. The van der Waals surface area contributed by atoms with Crippen LogP contribution in [0.3, 0.4) is 0 Å². The molecule has 0 aliphatic rings. The van der Waals surface area contributed by atoms with Crippen molar-refractivity contribution < 1.29 is 23.2 Å². The number of carbonyl (C=O) groups excluding carboxylic acids is 2. The van der Waals surface area contributed by atoms with Crippen molar-refractivity contribution >= 4 is 35.0 Å². The Balaban J connectivity index is 3.38. The maximum absolute atomic E-state index is 12.0. The number of carbonyl (C=O) groups is 2. The molecule has 5 nitrogen and oxygen atoms in total. The molecule has 0 fully saturated rings. The van der Waals surface area contributed by atoms with Gasteiger partial charge < -0.3 is 13.6 Å². The molecule has 0 amide bonds. The van der Waals surface area contributed by atoms with Gasteiger partial charge in [-0.05, 0) is 61.6 Å². The lowest BCUT2D eigenvalue weighted by Gasteiger charge is -2.44. The summed E-state index contributed by atoms with van der Waals surface area (Å²) in [5.74, 6) is -0.170. The van der Waals surface area contributed by atoms with Gasteiger partial charge in [0.25, 0.3) is 0 Å². The van der Waals surface area contributed by atoms with E-state index in [1.54, 1.807) is 0 Å². The second-order valence-corrected chi connectivity index (χ2v) is 22.1. The van der Waals surface area contributed by atoms with E-state index in [1.165, 1.54) is 0 Å². The molecule has 1 rings (SSSR count). The Kier molecular flexibility index (Phi) is 12.0.